The molecule has 1 amide bonds. The molecule has 1 atom stereocenters. The number of carbonyl (C=O) groups excluding carboxylic acids is 1. The Morgan fingerprint density at radius 3 is 2.59 bits per heavy atom. The minimum absolute atomic E-state index is 0.0396. The van der Waals surface area contributed by atoms with Gasteiger partial charge in [-0.2, -0.15) is 9.78 Å². The van der Waals surface area contributed by atoms with Gasteiger partial charge in [-0.25, -0.2) is 4.79 Å². The van der Waals surface area contributed by atoms with Gasteiger partial charge in [0.15, 0.2) is 0 Å². The molecule has 1 unspecified atom stereocenters. The summed E-state index contributed by atoms with van der Waals surface area (Å²) < 4.78 is 7.71. The van der Waals surface area contributed by atoms with Crippen LogP contribution < -0.4 is 16.6 Å². The molecule has 166 valence electrons. The SMILES string of the molecule is Cc1ccc(-n2nc(C(=O)NCC3CCCO3)c(=O)n(Cc3ccccc3)c2=O)cc1C. The number of hydrogen-bond acceptors (Lipinski definition) is 5. The third kappa shape index (κ3) is 4.55. The molecule has 2 heterocycles. The first-order chi connectivity index (χ1) is 15.4. The highest BCUT2D eigenvalue weighted by Crippen LogP contribution is 2.12. The van der Waals surface area contributed by atoms with Gasteiger partial charge in [-0.3, -0.25) is 14.2 Å². The predicted octanol–water partition coefficient (Wildman–Crippen LogP) is 1.97. The topological polar surface area (TPSA) is 95.2 Å². The third-order valence-corrected chi connectivity index (χ3v) is 5.71. The summed E-state index contributed by atoms with van der Waals surface area (Å²) in [5.74, 6) is -0.620. The molecule has 1 N–H and O–H groups in total. The fourth-order valence-electron chi connectivity index (χ4n) is 3.68. The van der Waals surface area contributed by atoms with Crippen molar-refractivity contribution in [3.8, 4) is 5.69 Å². The van der Waals surface area contributed by atoms with Crippen LogP contribution in [0.5, 0.6) is 0 Å². The second-order valence-corrected chi connectivity index (χ2v) is 8.03. The highest BCUT2D eigenvalue weighted by atomic mass is 16.5. The maximum atomic E-state index is 13.2. The van der Waals surface area contributed by atoms with Crippen LogP contribution in [0, 0.1) is 13.8 Å². The molecule has 8 heteroatoms. The summed E-state index contributed by atoms with van der Waals surface area (Å²) in [5, 5.41) is 6.91. The molecule has 1 fully saturated rings. The minimum atomic E-state index is -0.719. The Kier molecular flexibility index (Phi) is 6.32. The van der Waals surface area contributed by atoms with Crippen molar-refractivity contribution in [1.82, 2.24) is 19.7 Å². The number of nitrogens with one attached hydrogen (secondary N) is 1. The normalized spacial score (nSPS) is 15.6. The highest BCUT2D eigenvalue weighted by molar-refractivity contribution is 5.91. The van der Waals surface area contributed by atoms with Gasteiger partial charge in [-0.1, -0.05) is 36.4 Å². The minimum Gasteiger partial charge on any atom is -0.376 e. The van der Waals surface area contributed by atoms with Crippen LogP contribution in [0.2, 0.25) is 0 Å². The first kappa shape index (κ1) is 21.7. The average Bonchev–Trinajstić information content (AvgIpc) is 3.32. The smallest absolute Gasteiger partial charge is 0.352 e. The molecule has 0 aliphatic carbocycles. The summed E-state index contributed by atoms with van der Waals surface area (Å²) >= 11 is 0. The van der Waals surface area contributed by atoms with Gasteiger partial charge in [0.1, 0.15) is 0 Å². The van der Waals surface area contributed by atoms with Gasteiger partial charge in [0, 0.05) is 13.2 Å². The van der Waals surface area contributed by atoms with E-state index in [4.69, 9.17) is 4.74 Å². The summed E-state index contributed by atoms with van der Waals surface area (Å²) in [6.07, 6.45) is 1.73. The van der Waals surface area contributed by atoms with Gasteiger partial charge in [0.2, 0.25) is 5.69 Å². The monoisotopic (exact) mass is 434 g/mol. The van der Waals surface area contributed by atoms with E-state index in [1.54, 1.807) is 6.07 Å². The van der Waals surface area contributed by atoms with Crippen LogP contribution in [0.15, 0.2) is 58.1 Å². The molecule has 4 rings (SSSR count). The van der Waals surface area contributed by atoms with Crippen LogP contribution in [-0.4, -0.2) is 39.5 Å². The lowest BCUT2D eigenvalue weighted by Crippen LogP contribution is -2.46. The standard InChI is InChI=1S/C24H26N4O4/c1-16-10-11-19(13-17(16)2)28-24(31)27(15-18-7-4-3-5-8-18)23(30)21(26-28)22(29)25-14-20-9-6-12-32-20/h3-5,7-8,10-11,13,20H,6,9,12,14-15H2,1-2H3,(H,25,29). The maximum Gasteiger partial charge on any atom is 0.352 e. The zero-order valence-electron chi connectivity index (χ0n) is 18.2. The fraction of sp³-hybridized carbons (Fsp3) is 0.333. The van der Waals surface area contributed by atoms with Crippen molar-refractivity contribution >= 4 is 5.91 Å². The third-order valence-electron chi connectivity index (χ3n) is 5.71. The molecule has 1 aromatic heterocycles. The Labute approximate surface area is 185 Å². The molecular formula is C24H26N4O4. The molecule has 0 bridgehead atoms. The number of rotatable bonds is 6. The van der Waals surface area contributed by atoms with Crippen molar-refractivity contribution in [2.75, 3.05) is 13.2 Å². The first-order valence-electron chi connectivity index (χ1n) is 10.7. The van der Waals surface area contributed by atoms with E-state index < -0.39 is 17.2 Å². The summed E-state index contributed by atoms with van der Waals surface area (Å²) in [6.45, 7) is 4.90. The molecular weight excluding hydrogens is 408 g/mol. The molecule has 8 nitrogen and oxygen atoms in total. The van der Waals surface area contributed by atoms with Gasteiger partial charge < -0.3 is 10.1 Å². The Balaban J connectivity index is 1.78. The lowest BCUT2D eigenvalue weighted by atomic mass is 10.1. The molecule has 0 radical (unpaired) electrons. The number of aromatic nitrogens is 3. The van der Waals surface area contributed by atoms with Crippen molar-refractivity contribution in [3.05, 3.63) is 91.8 Å². The van der Waals surface area contributed by atoms with Crippen LogP contribution in [0.3, 0.4) is 0 Å². The maximum absolute atomic E-state index is 13.2. The number of aryl methyl sites for hydroxylation is 2. The molecule has 0 saturated carbocycles. The summed E-state index contributed by atoms with van der Waals surface area (Å²) in [6, 6.07) is 14.6. The van der Waals surface area contributed by atoms with Gasteiger partial charge in [-0.05, 0) is 55.5 Å². The molecule has 3 aromatic rings. The van der Waals surface area contributed by atoms with E-state index >= 15 is 0 Å². The van der Waals surface area contributed by atoms with Gasteiger partial charge in [0.25, 0.3) is 11.5 Å². The number of carbonyl (C=O) groups is 1. The lowest BCUT2D eigenvalue weighted by Gasteiger charge is -2.14. The number of nitrogens with zero attached hydrogens (tertiary/aromatic N) is 3. The summed E-state index contributed by atoms with van der Waals surface area (Å²) in [4.78, 5) is 39.3. The Morgan fingerprint density at radius 2 is 1.91 bits per heavy atom. The molecule has 0 spiro atoms. The number of benzene rings is 2. The van der Waals surface area contributed by atoms with E-state index in [1.807, 2.05) is 56.3 Å². The van der Waals surface area contributed by atoms with Crippen molar-refractivity contribution in [1.29, 1.82) is 0 Å². The molecule has 32 heavy (non-hydrogen) atoms. The van der Waals surface area contributed by atoms with Crippen molar-refractivity contribution < 1.29 is 9.53 Å². The molecule has 2 aromatic carbocycles. The van der Waals surface area contributed by atoms with Crippen LogP contribution in [0.1, 0.15) is 40.0 Å². The average molecular weight is 434 g/mol. The number of hydrogen-bond donors (Lipinski definition) is 1. The zero-order chi connectivity index (χ0) is 22.7. The molecule has 1 aliphatic heterocycles. The van der Waals surface area contributed by atoms with E-state index in [0.29, 0.717) is 18.8 Å². The highest BCUT2D eigenvalue weighted by Gasteiger charge is 2.22. The lowest BCUT2D eigenvalue weighted by molar-refractivity contribution is 0.0849. The van der Waals surface area contributed by atoms with E-state index in [1.165, 1.54) is 0 Å². The Morgan fingerprint density at radius 1 is 1.12 bits per heavy atom. The van der Waals surface area contributed by atoms with Crippen LogP contribution >= 0.6 is 0 Å². The quantitative estimate of drug-likeness (QED) is 0.640. The van der Waals surface area contributed by atoms with Gasteiger partial charge >= 0.3 is 5.69 Å². The largest absolute Gasteiger partial charge is 0.376 e. The summed E-state index contributed by atoms with van der Waals surface area (Å²) in [7, 11) is 0. The number of amides is 1. The van der Waals surface area contributed by atoms with Crippen LogP contribution in [0.4, 0.5) is 0 Å². The Bertz CT molecular complexity index is 1240. The summed E-state index contributed by atoms with van der Waals surface area (Å²) in [5.41, 5.74) is 1.66. The Hall–Kier alpha value is -3.52. The van der Waals surface area contributed by atoms with Gasteiger partial charge in [-0.15, -0.1) is 0 Å². The van der Waals surface area contributed by atoms with Crippen LogP contribution in [0.25, 0.3) is 5.69 Å². The van der Waals surface area contributed by atoms with E-state index in [2.05, 4.69) is 10.4 Å². The van der Waals surface area contributed by atoms with E-state index in [9.17, 15) is 14.4 Å². The van der Waals surface area contributed by atoms with Crippen molar-refractivity contribution in [2.45, 2.75) is 39.3 Å². The molecule has 1 saturated heterocycles. The van der Waals surface area contributed by atoms with Crippen LogP contribution in [-0.2, 0) is 11.3 Å². The second-order valence-electron chi connectivity index (χ2n) is 8.03. The second kappa shape index (κ2) is 9.32. The fourth-order valence-corrected chi connectivity index (χ4v) is 3.68. The van der Waals surface area contributed by atoms with Gasteiger partial charge in [0.05, 0.1) is 18.3 Å². The first-order valence-corrected chi connectivity index (χ1v) is 10.7. The van der Waals surface area contributed by atoms with Crippen molar-refractivity contribution in [3.63, 3.8) is 0 Å². The predicted molar refractivity (Wildman–Crippen MR) is 120 cm³/mol. The van der Waals surface area contributed by atoms with E-state index in [-0.39, 0.29) is 18.3 Å². The zero-order valence-corrected chi connectivity index (χ0v) is 18.2. The number of ether oxygens (including phenoxy) is 1. The molecule has 1 aliphatic rings. The van der Waals surface area contributed by atoms with E-state index in [0.717, 1.165) is 38.8 Å². The van der Waals surface area contributed by atoms with Crippen molar-refractivity contribution in [2.24, 2.45) is 0 Å².